The minimum Gasteiger partial charge on any atom is -0.481 e. The Morgan fingerprint density at radius 2 is 1.73 bits per heavy atom. The molecule has 0 aromatic carbocycles. The summed E-state index contributed by atoms with van der Waals surface area (Å²) in [6, 6.07) is 2.08. The lowest BCUT2D eigenvalue weighted by Gasteiger charge is -2.26. The maximum absolute atomic E-state index is 10.8. The second-order valence-corrected chi connectivity index (χ2v) is 7.11. The largest absolute Gasteiger partial charge is 0.481 e. The van der Waals surface area contributed by atoms with Crippen molar-refractivity contribution in [2.75, 3.05) is 0 Å². The van der Waals surface area contributed by atoms with Gasteiger partial charge in [0.15, 0.2) is 0 Å². The van der Waals surface area contributed by atoms with E-state index in [1.807, 2.05) is 13.8 Å². The van der Waals surface area contributed by atoms with Crippen LogP contribution in [0.2, 0.25) is 17.1 Å². The monoisotopic (exact) mass is 173 g/mol. The first-order valence-corrected chi connectivity index (χ1v) is 5.96. The van der Waals surface area contributed by atoms with Gasteiger partial charge in [-0.2, -0.15) is 0 Å². The fourth-order valence-corrected chi connectivity index (χ4v) is 3.86. The van der Waals surface area contributed by atoms with Gasteiger partial charge in [-0.1, -0.05) is 39.8 Å². The molecule has 0 fully saturated rings. The van der Waals surface area contributed by atoms with Gasteiger partial charge in [0.25, 0.3) is 0 Å². The summed E-state index contributed by atoms with van der Waals surface area (Å²) in [4.78, 5) is 10.8. The van der Waals surface area contributed by atoms with Crippen molar-refractivity contribution >= 4 is 14.8 Å². The quantitative estimate of drug-likeness (QED) is 0.663. The van der Waals surface area contributed by atoms with E-state index in [0.29, 0.717) is 0 Å². The van der Waals surface area contributed by atoms with E-state index in [4.69, 9.17) is 5.11 Å². The predicted molar refractivity (Wildman–Crippen MR) is 48.4 cm³/mol. The van der Waals surface area contributed by atoms with Crippen molar-refractivity contribution in [3.8, 4) is 0 Å². The Balaban J connectivity index is 4.36. The molecule has 0 amide bonds. The third-order valence-electron chi connectivity index (χ3n) is 2.27. The Morgan fingerprint density at radius 1 is 1.36 bits per heavy atom. The number of hydrogen-bond acceptors (Lipinski definition) is 1. The molecule has 0 aliphatic heterocycles. The van der Waals surface area contributed by atoms with Gasteiger partial charge in [-0.05, 0) is 0 Å². The highest BCUT2D eigenvalue weighted by Gasteiger charge is 2.35. The maximum atomic E-state index is 10.8. The summed E-state index contributed by atoms with van der Waals surface area (Å²) in [5.74, 6) is -0.643. The smallest absolute Gasteiger partial charge is 0.306 e. The standard InChI is InChI=1S/C8H17O2Si/c1-5-11(6-2)8(3,4)7(9)10/h5-6H2,1-4H3,(H,9,10). The van der Waals surface area contributed by atoms with Gasteiger partial charge in [0, 0.05) is 0 Å². The van der Waals surface area contributed by atoms with Crippen LogP contribution in [0, 0.1) is 0 Å². The molecule has 1 radical (unpaired) electrons. The Kier molecular flexibility index (Phi) is 3.79. The highest BCUT2D eigenvalue weighted by atomic mass is 28.3. The van der Waals surface area contributed by atoms with E-state index in [1.165, 1.54) is 0 Å². The zero-order valence-electron chi connectivity index (χ0n) is 7.77. The van der Waals surface area contributed by atoms with Crippen molar-refractivity contribution in [3.05, 3.63) is 0 Å². The molecule has 0 saturated carbocycles. The zero-order valence-corrected chi connectivity index (χ0v) is 8.77. The molecular weight excluding hydrogens is 156 g/mol. The Labute approximate surface area is 70.2 Å². The Hall–Kier alpha value is -0.313. The molecular formula is C8H17O2Si. The average Bonchev–Trinajstić information content (AvgIpc) is 1.89. The summed E-state index contributed by atoms with van der Waals surface area (Å²) in [5, 5.41) is 8.44. The molecule has 0 aromatic rings. The molecule has 0 bridgehead atoms. The first-order chi connectivity index (χ1) is 4.96. The number of carboxylic acid groups (broad SMARTS) is 1. The molecule has 0 aliphatic rings. The van der Waals surface area contributed by atoms with Crippen LogP contribution >= 0.6 is 0 Å². The fourth-order valence-electron chi connectivity index (χ4n) is 1.29. The van der Waals surface area contributed by atoms with E-state index in [-0.39, 0.29) is 0 Å². The minimum absolute atomic E-state index is 0.464. The lowest BCUT2D eigenvalue weighted by atomic mass is 10.2. The topological polar surface area (TPSA) is 37.3 Å². The van der Waals surface area contributed by atoms with Crippen LogP contribution in [0.25, 0.3) is 0 Å². The van der Waals surface area contributed by atoms with Crippen molar-refractivity contribution in [3.63, 3.8) is 0 Å². The second kappa shape index (κ2) is 3.90. The van der Waals surface area contributed by atoms with Gasteiger partial charge in [-0.25, -0.2) is 0 Å². The molecule has 2 nitrogen and oxygen atoms in total. The van der Waals surface area contributed by atoms with Crippen LogP contribution in [0.1, 0.15) is 27.7 Å². The van der Waals surface area contributed by atoms with Crippen molar-refractivity contribution in [2.45, 2.75) is 44.8 Å². The Bertz CT molecular complexity index is 139. The van der Waals surface area contributed by atoms with Gasteiger partial charge in [0.1, 0.15) is 0 Å². The van der Waals surface area contributed by atoms with Crippen LogP contribution in [0.5, 0.6) is 0 Å². The lowest BCUT2D eigenvalue weighted by Crippen LogP contribution is -2.33. The molecule has 0 aromatic heterocycles. The van der Waals surface area contributed by atoms with Crippen molar-refractivity contribution in [1.29, 1.82) is 0 Å². The van der Waals surface area contributed by atoms with Crippen molar-refractivity contribution < 1.29 is 9.90 Å². The summed E-state index contributed by atoms with van der Waals surface area (Å²) in [5.41, 5.74) is 0. The molecule has 0 atom stereocenters. The molecule has 1 N–H and O–H groups in total. The van der Waals surface area contributed by atoms with E-state index in [9.17, 15) is 4.79 Å². The number of carboxylic acids is 1. The maximum Gasteiger partial charge on any atom is 0.306 e. The molecule has 0 rings (SSSR count). The summed E-state index contributed by atoms with van der Waals surface area (Å²) >= 11 is 0. The first-order valence-electron chi connectivity index (χ1n) is 4.05. The van der Waals surface area contributed by atoms with E-state index in [1.54, 1.807) is 0 Å². The number of aliphatic carboxylic acids is 1. The molecule has 65 valence electrons. The van der Waals surface area contributed by atoms with E-state index >= 15 is 0 Å². The highest BCUT2D eigenvalue weighted by molar-refractivity contribution is 6.66. The third-order valence-corrected chi connectivity index (χ3v) is 5.96. The van der Waals surface area contributed by atoms with Gasteiger partial charge in [0.2, 0.25) is 0 Å². The predicted octanol–water partition coefficient (Wildman–Crippen LogP) is 2.39. The van der Waals surface area contributed by atoms with Crippen LogP contribution in [0.3, 0.4) is 0 Å². The van der Waals surface area contributed by atoms with E-state index in [0.717, 1.165) is 12.1 Å². The van der Waals surface area contributed by atoms with Gasteiger partial charge >= 0.3 is 5.97 Å². The second-order valence-electron chi connectivity index (χ2n) is 3.24. The zero-order chi connectivity index (χ0) is 9.07. The van der Waals surface area contributed by atoms with Gasteiger partial charge < -0.3 is 5.11 Å². The molecule has 3 heteroatoms. The number of hydrogen-bond donors (Lipinski definition) is 1. The molecule has 0 heterocycles. The molecule has 0 unspecified atom stereocenters. The average molecular weight is 173 g/mol. The molecule has 0 aliphatic carbocycles. The fraction of sp³-hybridized carbons (Fsp3) is 0.875. The van der Waals surface area contributed by atoms with Gasteiger partial charge in [-0.15, -0.1) is 0 Å². The van der Waals surface area contributed by atoms with E-state index in [2.05, 4.69) is 13.8 Å². The van der Waals surface area contributed by atoms with Gasteiger partial charge in [0.05, 0.1) is 13.8 Å². The lowest BCUT2D eigenvalue weighted by molar-refractivity contribution is -0.139. The van der Waals surface area contributed by atoms with Crippen LogP contribution < -0.4 is 0 Å². The Morgan fingerprint density at radius 3 is 1.82 bits per heavy atom. The van der Waals surface area contributed by atoms with Crippen LogP contribution in [0.15, 0.2) is 0 Å². The summed E-state index contributed by atoms with van der Waals surface area (Å²) in [7, 11) is -0.699. The third kappa shape index (κ3) is 2.33. The summed E-state index contributed by atoms with van der Waals surface area (Å²) in [6.07, 6.45) is 0. The highest BCUT2D eigenvalue weighted by Crippen LogP contribution is 2.32. The van der Waals surface area contributed by atoms with E-state index < -0.39 is 19.8 Å². The molecule has 0 spiro atoms. The van der Waals surface area contributed by atoms with Crippen LogP contribution in [-0.2, 0) is 4.79 Å². The van der Waals surface area contributed by atoms with Crippen molar-refractivity contribution in [1.82, 2.24) is 0 Å². The summed E-state index contributed by atoms with van der Waals surface area (Å²) in [6.45, 7) is 7.86. The number of carbonyl (C=O) groups is 1. The first kappa shape index (κ1) is 10.7. The van der Waals surface area contributed by atoms with Crippen LogP contribution in [-0.4, -0.2) is 19.9 Å². The SMILES string of the molecule is CC[Si](CC)C(C)(C)C(=O)O. The van der Waals surface area contributed by atoms with Gasteiger partial charge in [-0.3, -0.25) is 4.79 Å². The minimum atomic E-state index is -0.699. The van der Waals surface area contributed by atoms with Crippen LogP contribution in [0.4, 0.5) is 0 Å². The summed E-state index contributed by atoms with van der Waals surface area (Å²) < 4.78 is 0. The molecule has 11 heavy (non-hydrogen) atoms. The number of rotatable bonds is 4. The van der Waals surface area contributed by atoms with Crippen molar-refractivity contribution in [2.24, 2.45) is 0 Å². The molecule has 0 saturated heterocycles. The normalized spacial score (nSPS) is 12.1.